The fourth-order valence-corrected chi connectivity index (χ4v) is 3.33. The second kappa shape index (κ2) is 14.9. The average Bonchev–Trinajstić information content (AvgIpc) is 2.37. The van der Waals surface area contributed by atoms with Crippen LogP contribution in [0.4, 0.5) is 0 Å². The smallest absolute Gasteiger partial charge is 0.134 e. The molecule has 0 amide bonds. The summed E-state index contributed by atoms with van der Waals surface area (Å²) < 4.78 is 11.1. The van der Waals surface area contributed by atoms with Gasteiger partial charge in [-0.1, -0.05) is 32.2 Å². The van der Waals surface area contributed by atoms with Gasteiger partial charge in [0.15, 0.2) is 0 Å². The lowest BCUT2D eigenvalue weighted by Crippen LogP contribution is -2.24. The molecule has 0 aliphatic rings. The molecule has 0 N–H and O–H groups in total. The largest absolute Gasteiger partial charge is 0.357 e. The van der Waals surface area contributed by atoms with Gasteiger partial charge < -0.3 is 9.47 Å². The van der Waals surface area contributed by atoms with E-state index in [0.717, 1.165) is 26.2 Å². The molecule has 0 atom stereocenters. The van der Waals surface area contributed by atoms with Gasteiger partial charge in [0, 0.05) is 19.8 Å². The maximum Gasteiger partial charge on any atom is 0.134 e. The summed E-state index contributed by atoms with van der Waals surface area (Å²) in [4.78, 5) is 4.45. The Bertz CT molecular complexity index is 183. The van der Waals surface area contributed by atoms with Crippen LogP contribution < -0.4 is 0 Å². The molecule has 0 aromatic heterocycles. The monoisotopic (exact) mass is 273 g/mol. The predicted octanol–water partition coefficient (Wildman–Crippen LogP) is 2.97. The third-order valence-electron chi connectivity index (χ3n) is 2.75. The molecule has 108 valence electrons. The molecule has 0 rings (SSSR count). The first-order valence-corrected chi connectivity index (χ1v) is 9.38. The van der Waals surface area contributed by atoms with Gasteiger partial charge in [0.05, 0.1) is 9.52 Å². The van der Waals surface area contributed by atoms with E-state index in [2.05, 4.69) is 18.1 Å². The molecule has 0 fully saturated rings. The van der Waals surface area contributed by atoms with E-state index >= 15 is 0 Å². The van der Waals surface area contributed by atoms with Crippen LogP contribution in [-0.2, 0) is 9.47 Å². The van der Waals surface area contributed by atoms with E-state index in [1.54, 1.807) is 0 Å². The summed E-state index contributed by atoms with van der Waals surface area (Å²) in [6.07, 6.45) is 8.38. The molecule has 0 aromatic rings. The molecule has 0 saturated heterocycles. The average molecular weight is 273 g/mol. The normalized spacial score (nSPS) is 12.4. The number of nitrogens with zero attached hydrogens (tertiary/aromatic N) is 1. The van der Waals surface area contributed by atoms with Crippen molar-refractivity contribution in [2.24, 2.45) is 4.99 Å². The van der Waals surface area contributed by atoms with E-state index in [1.807, 2.05) is 13.8 Å². The molecule has 18 heavy (non-hydrogen) atoms. The van der Waals surface area contributed by atoms with Crippen LogP contribution in [0.5, 0.6) is 0 Å². The molecule has 4 heteroatoms. The Morgan fingerprint density at radius 2 is 1.78 bits per heavy atom. The Balaban J connectivity index is 3.37. The quantitative estimate of drug-likeness (QED) is 0.223. The van der Waals surface area contributed by atoms with Crippen molar-refractivity contribution in [3.8, 4) is 0 Å². The van der Waals surface area contributed by atoms with Crippen LogP contribution in [-0.4, -0.2) is 41.4 Å². The zero-order valence-electron chi connectivity index (χ0n) is 12.5. The molecule has 0 aliphatic heterocycles. The van der Waals surface area contributed by atoms with E-state index in [9.17, 15) is 0 Å². The summed E-state index contributed by atoms with van der Waals surface area (Å²) in [6.45, 7) is 8.80. The summed E-state index contributed by atoms with van der Waals surface area (Å²) in [5, 5.41) is 0. The summed E-state index contributed by atoms with van der Waals surface area (Å²) in [6, 6.07) is 1.23. The van der Waals surface area contributed by atoms with Gasteiger partial charge in [-0.2, -0.15) is 0 Å². The van der Waals surface area contributed by atoms with Crippen molar-refractivity contribution in [2.75, 3.05) is 19.8 Å². The summed E-state index contributed by atoms with van der Waals surface area (Å²) in [5.41, 5.74) is 0. The van der Waals surface area contributed by atoms with Crippen LogP contribution in [0, 0.1) is 0 Å². The highest BCUT2D eigenvalue weighted by Crippen LogP contribution is 2.00. The van der Waals surface area contributed by atoms with Crippen LogP contribution in [0.25, 0.3) is 0 Å². The molecule has 0 aliphatic carbocycles. The minimum absolute atomic E-state index is 0.109. The number of rotatable bonds is 13. The standard InChI is InChI=1S/C14H31NO2Si/c1-4-7-8-9-11-15-12-10-13-18-14(16-5-2)17-6-3/h12,14H,4-11,13,18H2,1-3H3. The maximum absolute atomic E-state index is 5.55. The van der Waals surface area contributed by atoms with Gasteiger partial charge in [-0.25, -0.2) is 0 Å². The van der Waals surface area contributed by atoms with Crippen LogP contribution in [0.3, 0.4) is 0 Å². The van der Waals surface area contributed by atoms with Gasteiger partial charge >= 0.3 is 0 Å². The minimum Gasteiger partial charge on any atom is -0.357 e. The molecule has 0 aromatic carbocycles. The molecular weight excluding hydrogens is 242 g/mol. The van der Waals surface area contributed by atoms with Crippen molar-refractivity contribution in [1.82, 2.24) is 0 Å². The van der Waals surface area contributed by atoms with Gasteiger partial charge in [-0.05, 0) is 32.9 Å². The SMILES string of the molecule is CCCCCCN=CCC[SiH2]C(OCC)OCC. The van der Waals surface area contributed by atoms with Crippen molar-refractivity contribution in [3.63, 3.8) is 0 Å². The van der Waals surface area contributed by atoms with Crippen LogP contribution in [0.15, 0.2) is 4.99 Å². The highest BCUT2D eigenvalue weighted by molar-refractivity contribution is 6.36. The van der Waals surface area contributed by atoms with E-state index in [-0.39, 0.29) is 15.4 Å². The Kier molecular flexibility index (Phi) is 14.7. The van der Waals surface area contributed by atoms with E-state index in [4.69, 9.17) is 9.47 Å². The maximum atomic E-state index is 5.55. The van der Waals surface area contributed by atoms with Crippen LogP contribution in [0.2, 0.25) is 6.04 Å². The number of hydrogen-bond acceptors (Lipinski definition) is 3. The molecule has 0 spiro atoms. The zero-order valence-corrected chi connectivity index (χ0v) is 13.9. The second-order valence-electron chi connectivity index (χ2n) is 4.42. The lowest BCUT2D eigenvalue weighted by atomic mass is 10.2. The van der Waals surface area contributed by atoms with Gasteiger partial charge in [0.1, 0.15) is 5.91 Å². The fourth-order valence-electron chi connectivity index (χ4n) is 1.77. The lowest BCUT2D eigenvalue weighted by molar-refractivity contribution is -0.0827. The number of hydrogen-bond donors (Lipinski definition) is 0. The van der Waals surface area contributed by atoms with E-state index in [1.165, 1.54) is 31.7 Å². The van der Waals surface area contributed by atoms with Gasteiger partial charge in [-0.15, -0.1) is 0 Å². The van der Waals surface area contributed by atoms with E-state index in [0.29, 0.717) is 0 Å². The molecule has 0 unspecified atom stereocenters. The second-order valence-corrected chi connectivity index (χ2v) is 6.37. The molecule has 0 bridgehead atoms. The minimum atomic E-state index is -0.280. The Morgan fingerprint density at radius 3 is 2.39 bits per heavy atom. The Labute approximate surface area is 115 Å². The summed E-state index contributed by atoms with van der Waals surface area (Å²) >= 11 is 0. The van der Waals surface area contributed by atoms with Gasteiger partial charge in [0.25, 0.3) is 0 Å². The van der Waals surface area contributed by atoms with Crippen LogP contribution >= 0.6 is 0 Å². The number of unbranched alkanes of at least 4 members (excludes halogenated alkanes) is 3. The molecule has 0 radical (unpaired) electrons. The first-order valence-electron chi connectivity index (χ1n) is 7.56. The molecule has 3 nitrogen and oxygen atoms in total. The zero-order chi connectivity index (χ0) is 13.5. The fraction of sp³-hybridized carbons (Fsp3) is 0.929. The van der Waals surface area contributed by atoms with Gasteiger partial charge in [0.2, 0.25) is 0 Å². The molecule has 0 heterocycles. The first-order chi connectivity index (χ1) is 8.85. The third-order valence-corrected chi connectivity index (χ3v) is 4.51. The van der Waals surface area contributed by atoms with Crippen molar-refractivity contribution in [2.45, 2.75) is 64.8 Å². The first kappa shape index (κ1) is 17.8. The highest BCUT2D eigenvalue weighted by atomic mass is 28.2. The van der Waals surface area contributed by atoms with E-state index < -0.39 is 0 Å². The lowest BCUT2D eigenvalue weighted by Gasteiger charge is -2.15. The Hall–Kier alpha value is -0.193. The number of aliphatic imine (C=N–C) groups is 1. The number of ether oxygens (including phenoxy) is 2. The highest BCUT2D eigenvalue weighted by Gasteiger charge is 2.06. The van der Waals surface area contributed by atoms with Crippen molar-refractivity contribution in [3.05, 3.63) is 0 Å². The van der Waals surface area contributed by atoms with Crippen molar-refractivity contribution in [1.29, 1.82) is 0 Å². The summed E-state index contributed by atoms with van der Waals surface area (Å²) in [5.74, 6) is 0.109. The Morgan fingerprint density at radius 1 is 1.06 bits per heavy atom. The van der Waals surface area contributed by atoms with Gasteiger partial charge in [-0.3, -0.25) is 4.99 Å². The third kappa shape index (κ3) is 12.3. The molecule has 0 saturated carbocycles. The topological polar surface area (TPSA) is 30.8 Å². The summed E-state index contributed by atoms with van der Waals surface area (Å²) in [7, 11) is -0.280. The van der Waals surface area contributed by atoms with Crippen molar-refractivity contribution < 1.29 is 9.47 Å². The van der Waals surface area contributed by atoms with Crippen molar-refractivity contribution >= 4 is 15.7 Å². The molecular formula is C14H31NO2Si. The predicted molar refractivity (Wildman–Crippen MR) is 82.5 cm³/mol. The van der Waals surface area contributed by atoms with Crippen LogP contribution in [0.1, 0.15) is 52.9 Å².